The summed E-state index contributed by atoms with van der Waals surface area (Å²) < 4.78 is 4.02. The molecular weight excluding hydrogens is 326 g/mol. The van der Waals surface area contributed by atoms with E-state index in [0.717, 1.165) is 43.2 Å². The molecule has 0 radical (unpaired) electrons. The van der Waals surface area contributed by atoms with Gasteiger partial charge in [0.15, 0.2) is 0 Å². The van der Waals surface area contributed by atoms with Gasteiger partial charge in [-0.05, 0) is 38.0 Å². The largest absolute Gasteiger partial charge is 0.478 e. The molecule has 8 heteroatoms. The predicted molar refractivity (Wildman–Crippen MR) is 95.0 cm³/mol. The average Bonchev–Trinajstić information content (AvgIpc) is 2.98. The van der Waals surface area contributed by atoms with Crippen molar-refractivity contribution < 1.29 is 9.90 Å². The molecule has 1 aromatic carbocycles. The van der Waals surface area contributed by atoms with Gasteiger partial charge in [0.1, 0.15) is 11.5 Å². The third-order valence-corrected chi connectivity index (χ3v) is 4.01. The molecular formula is C16H21N5O2S. The minimum atomic E-state index is -1.02. The van der Waals surface area contributed by atoms with Crippen molar-refractivity contribution in [3.8, 4) is 0 Å². The van der Waals surface area contributed by atoms with E-state index in [0.29, 0.717) is 16.6 Å². The molecule has 2 aromatic rings. The van der Waals surface area contributed by atoms with Crippen LogP contribution >= 0.6 is 11.5 Å². The lowest BCUT2D eigenvalue weighted by Gasteiger charge is -2.24. The summed E-state index contributed by atoms with van der Waals surface area (Å²) in [6.07, 6.45) is 2.00. The Morgan fingerprint density at radius 2 is 1.96 bits per heavy atom. The fraction of sp³-hybridized carbons (Fsp3) is 0.438. The molecule has 1 heterocycles. The SMILES string of the molecule is CCCN(CCC)c1ccc(N=Nc2nc(C)ns2)c(C(=O)O)c1. The van der Waals surface area contributed by atoms with E-state index in [-0.39, 0.29) is 5.56 Å². The highest BCUT2D eigenvalue weighted by molar-refractivity contribution is 7.09. The molecule has 0 saturated heterocycles. The minimum Gasteiger partial charge on any atom is -0.478 e. The quantitative estimate of drug-likeness (QED) is 0.705. The Balaban J connectivity index is 2.32. The zero-order valence-corrected chi connectivity index (χ0v) is 14.9. The fourth-order valence-electron chi connectivity index (χ4n) is 2.31. The number of hydrogen-bond acceptors (Lipinski definition) is 7. The maximum absolute atomic E-state index is 11.6. The van der Waals surface area contributed by atoms with E-state index < -0.39 is 5.97 Å². The molecule has 0 aliphatic heterocycles. The molecule has 128 valence electrons. The van der Waals surface area contributed by atoms with Gasteiger partial charge in [-0.3, -0.25) is 0 Å². The summed E-state index contributed by atoms with van der Waals surface area (Å²) in [6, 6.07) is 5.24. The monoisotopic (exact) mass is 347 g/mol. The van der Waals surface area contributed by atoms with Crippen molar-refractivity contribution in [1.29, 1.82) is 0 Å². The lowest BCUT2D eigenvalue weighted by molar-refractivity contribution is 0.0698. The Morgan fingerprint density at radius 1 is 1.25 bits per heavy atom. The molecule has 0 aliphatic carbocycles. The Kier molecular flexibility index (Phi) is 6.36. The number of carboxylic acids is 1. The highest BCUT2D eigenvalue weighted by Gasteiger charge is 2.14. The zero-order chi connectivity index (χ0) is 17.5. The Morgan fingerprint density at radius 3 is 2.50 bits per heavy atom. The Bertz CT molecular complexity index is 723. The summed E-state index contributed by atoms with van der Waals surface area (Å²) in [6.45, 7) is 7.75. The number of nitrogens with zero attached hydrogens (tertiary/aromatic N) is 5. The van der Waals surface area contributed by atoms with Gasteiger partial charge in [0.2, 0.25) is 5.13 Å². The summed E-state index contributed by atoms with van der Waals surface area (Å²) >= 11 is 1.13. The number of aryl methyl sites for hydroxylation is 1. The molecule has 0 saturated carbocycles. The topological polar surface area (TPSA) is 91.0 Å². The highest BCUT2D eigenvalue weighted by Crippen LogP contribution is 2.28. The second-order valence-corrected chi connectivity index (χ2v) is 6.05. The molecule has 2 rings (SSSR count). The maximum atomic E-state index is 11.6. The number of anilines is 1. The van der Waals surface area contributed by atoms with Gasteiger partial charge in [-0.25, -0.2) is 9.78 Å². The molecule has 1 aromatic heterocycles. The van der Waals surface area contributed by atoms with Gasteiger partial charge < -0.3 is 10.0 Å². The van der Waals surface area contributed by atoms with Gasteiger partial charge in [0.25, 0.3) is 0 Å². The summed E-state index contributed by atoms with van der Waals surface area (Å²) in [7, 11) is 0. The summed E-state index contributed by atoms with van der Waals surface area (Å²) in [4.78, 5) is 17.9. The highest BCUT2D eigenvalue weighted by atomic mass is 32.1. The molecule has 24 heavy (non-hydrogen) atoms. The van der Waals surface area contributed by atoms with Crippen LogP contribution in [0.1, 0.15) is 42.9 Å². The molecule has 0 aliphatic rings. The van der Waals surface area contributed by atoms with Gasteiger partial charge >= 0.3 is 5.97 Å². The van der Waals surface area contributed by atoms with Crippen LogP contribution in [0.4, 0.5) is 16.5 Å². The van der Waals surface area contributed by atoms with E-state index in [2.05, 4.69) is 38.3 Å². The summed E-state index contributed by atoms with van der Waals surface area (Å²) in [5.41, 5.74) is 1.34. The second-order valence-electron chi connectivity index (χ2n) is 5.32. The minimum absolute atomic E-state index is 0.134. The lowest BCUT2D eigenvalue weighted by atomic mass is 10.1. The molecule has 0 fully saturated rings. The first kappa shape index (κ1) is 18.0. The van der Waals surface area contributed by atoms with E-state index >= 15 is 0 Å². The average molecular weight is 347 g/mol. The number of hydrogen-bond donors (Lipinski definition) is 1. The number of azo groups is 1. The van der Waals surface area contributed by atoms with Crippen LogP contribution in [-0.2, 0) is 0 Å². The van der Waals surface area contributed by atoms with Crippen molar-refractivity contribution in [2.45, 2.75) is 33.6 Å². The van der Waals surface area contributed by atoms with E-state index in [9.17, 15) is 9.90 Å². The van der Waals surface area contributed by atoms with Crippen molar-refractivity contribution in [2.24, 2.45) is 10.2 Å². The first-order valence-corrected chi connectivity index (χ1v) is 8.66. The molecule has 7 nitrogen and oxygen atoms in total. The van der Waals surface area contributed by atoms with E-state index in [1.807, 2.05) is 6.07 Å². The fourth-order valence-corrected chi connectivity index (χ4v) is 2.82. The van der Waals surface area contributed by atoms with E-state index in [1.165, 1.54) is 0 Å². The molecule has 0 spiro atoms. The van der Waals surface area contributed by atoms with E-state index in [1.54, 1.807) is 19.1 Å². The second kappa shape index (κ2) is 8.49. The maximum Gasteiger partial charge on any atom is 0.338 e. The van der Waals surface area contributed by atoms with Crippen molar-refractivity contribution >= 4 is 34.0 Å². The predicted octanol–water partition coefficient (Wildman–Crippen LogP) is 4.59. The van der Waals surface area contributed by atoms with Crippen LogP contribution in [0.25, 0.3) is 0 Å². The van der Waals surface area contributed by atoms with Crippen molar-refractivity contribution in [1.82, 2.24) is 9.36 Å². The number of aromatic nitrogens is 2. The van der Waals surface area contributed by atoms with Crippen LogP contribution in [0.15, 0.2) is 28.4 Å². The van der Waals surface area contributed by atoms with E-state index in [4.69, 9.17) is 0 Å². The van der Waals surface area contributed by atoms with Crippen molar-refractivity contribution in [2.75, 3.05) is 18.0 Å². The molecule has 0 amide bonds. The van der Waals surface area contributed by atoms with Gasteiger partial charge in [-0.2, -0.15) is 4.37 Å². The number of rotatable bonds is 8. The summed E-state index contributed by atoms with van der Waals surface area (Å²) in [5, 5.41) is 17.9. The Hall–Kier alpha value is -2.35. The van der Waals surface area contributed by atoms with Gasteiger partial charge in [0.05, 0.1) is 5.56 Å². The number of aromatic carboxylic acids is 1. The zero-order valence-electron chi connectivity index (χ0n) is 14.1. The van der Waals surface area contributed by atoms with Crippen LogP contribution < -0.4 is 4.90 Å². The lowest BCUT2D eigenvalue weighted by Crippen LogP contribution is -2.25. The molecule has 0 bridgehead atoms. The molecule has 0 unspecified atom stereocenters. The van der Waals surface area contributed by atoms with Crippen LogP contribution in [-0.4, -0.2) is 33.5 Å². The van der Waals surface area contributed by atoms with Gasteiger partial charge in [0, 0.05) is 30.3 Å². The van der Waals surface area contributed by atoms with Crippen LogP contribution in [0.5, 0.6) is 0 Å². The smallest absolute Gasteiger partial charge is 0.338 e. The van der Waals surface area contributed by atoms with Gasteiger partial charge in [-0.15, -0.1) is 10.2 Å². The van der Waals surface area contributed by atoms with Crippen LogP contribution in [0, 0.1) is 6.92 Å². The summed E-state index contributed by atoms with van der Waals surface area (Å²) in [5.74, 6) is -0.398. The normalized spacial score (nSPS) is 11.1. The third-order valence-electron chi connectivity index (χ3n) is 3.32. The van der Waals surface area contributed by atoms with Crippen LogP contribution in [0.2, 0.25) is 0 Å². The number of benzene rings is 1. The van der Waals surface area contributed by atoms with Crippen molar-refractivity contribution in [3.05, 3.63) is 29.6 Å². The number of carboxylic acid groups (broad SMARTS) is 1. The van der Waals surface area contributed by atoms with Gasteiger partial charge in [-0.1, -0.05) is 13.8 Å². The molecule has 0 atom stereocenters. The van der Waals surface area contributed by atoms with Crippen LogP contribution in [0.3, 0.4) is 0 Å². The standard InChI is InChI=1S/C16H21N5O2S/c1-4-8-21(9-5-2)12-6-7-14(13(10-12)15(22)23)18-19-16-17-11(3)20-24-16/h6-7,10H,4-5,8-9H2,1-3H3,(H,22,23). The first-order chi connectivity index (χ1) is 11.5. The molecule has 1 N–H and O–H groups in total. The Labute approximate surface area is 145 Å². The van der Waals surface area contributed by atoms with Crippen molar-refractivity contribution in [3.63, 3.8) is 0 Å². The number of carbonyl (C=O) groups is 1. The first-order valence-electron chi connectivity index (χ1n) is 7.89. The third kappa shape index (κ3) is 4.58.